The molecule has 124 valence electrons. The molecule has 0 aliphatic carbocycles. The largest absolute Gasteiger partial charge is 0.350 e. The molecule has 6 nitrogen and oxygen atoms in total. The van der Waals surface area contributed by atoms with Crippen molar-refractivity contribution in [3.8, 4) is 0 Å². The fourth-order valence-corrected chi connectivity index (χ4v) is 3.95. The van der Waals surface area contributed by atoms with E-state index in [4.69, 9.17) is 11.6 Å². The molecule has 3 aromatic rings. The van der Waals surface area contributed by atoms with Crippen LogP contribution >= 0.6 is 22.9 Å². The van der Waals surface area contributed by atoms with Crippen LogP contribution in [-0.4, -0.2) is 34.2 Å². The van der Waals surface area contributed by atoms with Gasteiger partial charge in [0, 0.05) is 48.8 Å². The first-order valence-corrected chi connectivity index (χ1v) is 9.00. The Balaban J connectivity index is 1.39. The molecule has 2 aromatic heterocycles. The summed E-state index contributed by atoms with van der Waals surface area (Å²) in [6.45, 7) is 2.13. The number of halogens is 1. The summed E-state index contributed by atoms with van der Waals surface area (Å²) in [5.41, 5.74) is 3.44. The quantitative estimate of drug-likeness (QED) is 0.665. The number of nitrogens with one attached hydrogen (secondary N) is 3. The highest BCUT2D eigenvalue weighted by Gasteiger charge is 2.21. The van der Waals surface area contributed by atoms with Crippen LogP contribution in [0.2, 0.25) is 5.02 Å². The third kappa shape index (κ3) is 3.02. The van der Waals surface area contributed by atoms with Gasteiger partial charge in [-0.05, 0) is 18.2 Å². The first-order valence-electron chi connectivity index (χ1n) is 7.81. The van der Waals surface area contributed by atoms with Crippen LogP contribution in [0.3, 0.4) is 0 Å². The zero-order chi connectivity index (χ0) is 16.5. The zero-order valence-corrected chi connectivity index (χ0v) is 14.4. The Morgan fingerprint density at radius 1 is 1.42 bits per heavy atom. The maximum atomic E-state index is 12.3. The lowest BCUT2D eigenvalue weighted by atomic mass is 10.1. The number of nitrogens with zero attached hydrogens (tertiary/aromatic N) is 2. The number of H-pyrrole nitrogens is 1. The monoisotopic (exact) mass is 361 g/mol. The van der Waals surface area contributed by atoms with Crippen LogP contribution < -0.4 is 10.6 Å². The van der Waals surface area contributed by atoms with Gasteiger partial charge in [-0.1, -0.05) is 11.6 Å². The van der Waals surface area contributed by atoms with Gasteiger partial charge in [-0.15, -0.1) is 11.3 Å². The van der Waals surface area contributed by atoms with E-state index >= 15 is 0 Å². The minimum Gasteiger partial charge on any atom is -0.350 e. The summed E-state index contributed by atoms with van der Waals surface area (Å²) in [5.74, 6) is -0.139. The normalized spacial score (nSPS) is 13.9. The second-order valence-electron chi connectivity index (χ2n) is 5.68. The van der Waals surface area contributed by atoms with E-state index in [1.807, 2.05) is 18.2 Å². The van der Waals surface area contributed by atoms with Crippen LogP contribution in [0, 0.1) is 0 Å². The highest BCUT2D eigenvalue weighted by molar-refractivity contribution is 7.18. The first kappa shape index (κ1) is 15.6. The van der Waals surface area contributed by atoms with E-state index in [1.165, 1.54) is 0 Å². The average molecular weight is 362 g/mol. The Morgan fingerprint density at radius 2 is 2.33 bits per heavy atom. The molecule has 0 bridgehead atoms. The smallest absolute Gasteiger partial charge is 0.272 e. The zero-order valence-electron chi connectivity index (χ0n) is 12.9. The molecule has 0 saturated heterocycles. The van der Waals surface area contributed by atoms with E-state index in [0.29, 0.717) is 30.2 Å². The number of aromatic amines is 1. The van der Waals surface area contributed by atoms with Gasteiger partial charge in [0.05, 0.1) is 15.2 Å². The second kappa shape index (κ2) is 6.51. The van der Waals surface area contributed by atoms with E-state index in [1.54, 1.807) is 11.3 Å². The van der Waals surface area contributed by atoms with Crippen molar-refractivity contribution >= 4 is 39.1 Å². The molecule has 0 unspecified atom stereocenters. The molecule has 0 fully saturated rings. The molecule has 24 heavy (non-hydrogen) atoms. The number of aromatic nitrogens is 3. The van der Waals surface area contributed by atoms with Crippen molar-refractivity contribution in [3.05, 3.63) is 45.2 Å². The van der Waals surface area contributed by atoms with Gasteiger partial charge in [-0.2, -0.15) is 5.10 Å². The van der Waals surface area contributed by atoms with Gasteiger partial charge in [0.2, 0.25) is 0 Å². The lowest BCUT2D eigenvalue weighted by molar-refractivity contribution is 0.0948. The number of fused-ring (bicyclic) bond motifs is 2. The molecule has 0 atom stereocenters. The number of carbonyl (C=O) groups excluding carboxylic acids is 1. The maximum absolute atomic E-state index is 12.3. The van der Waals surface area contributed by atoms with Gasteiger partial charge in [0.1, 0.15) is 0 Å². The number of hydrogen-bond acceptors (Lipinski definition) is 5. The van der Waals surface area contributed by atoms with E-state index in [0.717, 1.165) is 39.4 Å². The van der Waals surface area contributed by atoms with Crippen molar-refractivity contribution in [1.82, 2.24) is 25.8 Å². The molecule has 0 saturated carbocycles. The minimum atomic E-state index is -0.139. The Hall–Kier alpha value is -1.96. The van der Waals surface area contributed by atoms with Crippen molar-refractivity contribution in [2.45, 2.75) is 19.4 Å². The van der Waals surface area contributed by atoms with Crippen LogP contribution in [0.4, 0.5) is 0 Å². The van der Waals surface area contributed by atoms with Crippen molar-refractivity contribution in [1.29, 1.82) is 0 Å². The molecular formula is C16H16ClN5OS. The maximum Gasteiger partial charge on any atom is 0.272 e. The van der Waals surface area contributed by atoms with E-state index < -0.39 is 0 Å². The molecule has 1 amide bonds. The number of hydrogen-bond donors (Lipinski definition) is 3. The van der Waals surface area contributed by atoms with Crippen LogP contribution in [0.5, 0.6) is 0 Å². The van der Waals surface area contributed by atoms with Crippen molar-refractivity contribution < 1.29 is 4.79 Å². The predicted octanol–water partition coefficient (Wildman–Crippen LogP) is 2.29. The molecule has 1 aromatic carbocycles. The fourth-order valence-electron chi connectivity index (χ4n) is 2.83. The Morgan fingerprint density at radius 3 is 3.25 bits per heavy atom. The van der Waals surface area contributed by atoms with Crippen LogP contribution in [0.25, 0.3) is 10.2 Å². The number of carbonyl (C=O) groups is 1. The molecule has 1 aliphatic heterocycles. The molecule has 3 heterocycles. The number of benzene rings is 1. The summed E-state index contributed by atoms with van der Waals surface area (Å²) in [4.78, 5) is 16.9. The lowest BCUT2D eigenvalue weighted by Gasteiger charge is -2.12. The van der Waals surface area contributed by atoms with E-state index in [2.05, 4.69) is 25.8 Å². The predicted molar refractivity (Wildman–Crippen MR) is 94.7 cm³/mol. The standard InChI is InChI=1S/C16H16ClN5OS/c17-9-1-2-13-12(7-9)20-14(24-13)4-6-19-16(23)15-10-8-18-5-3-11(10)21-22-15/h1-2,7,18H,3-6,8H2,(H,19,23)(H,21,22). The highest BCUT2D eigenvalue weighted by Crippen LogP contribution is 2.25. The van der Waals surface area contributed by atoms with Crippen LogP contribution in [-0.2, 0) is 19.4 Å². The summed E-state index contributed by atoms with van der Waals surface area (Å²) < 4.78 is 1.10. The van der Waals surface area contributed by atoms with Crippen LogP contribution in [0.15, 0.2) is 18.2 Å². The molecule has 3 N–H and O–H groups in total. The van der Waals surface area contributed by atoms with Crippen molar-refractivity contribution in [2.24, 2.45) is 0 Å². The Labute approximate surface area is 147 Å². The molecule has 0 spiro atoms. The molecule has 4 rings (SSSR count). The van der Waals surface area contributed by atoms with Gasteiger partial charge < -0.3 is 10.6 Å². The SMILES string of the molecule is O=C(NCCc1nc2cc(Cl)ccc2s1)c1n[nH]c2c1CNCC2. The van der Waals surface area contributed by atoms with Crippen LogP contribution in [0.1, 0.15) is 26.8 Å². The van der Waals surface area contributed by atoms with E-state index in [-0.39, 0.29) is 5.91 Å². The third-order valence-corrected chi connectivity index (χ3v) is 5.37. The number of amides is 1. The molecule has 8 heteroatoms. The fraction of sp³-hybridized carbons (Fsp3) is 0.312. The summed E-state index contributed by atoms with van der Waals surface area (Å²) in [6.07, 6.45) is 1.57. The third-order valence-electron chi connectivity index (χ3n) is 4.04. The van der Waals surface area contributed by atoms with Gasteiger partial charge >= 0.3 is 0 Å². The van der Waals surface area contributed by atoms with Gasteiger partial charge in [-0.3, -0.25) is 9.89 Å². The summed E-state index contributed by atoms with van der Waals surface area (Å²) >= 11 is 7.61. The van der Waals surface area contributed by atoms with Crippen molar-refractivity contribution in [3.63, 3.8) is 0 Å². The second-order valence-corrected chi connectivity index (χ2v) is 7.23. The summed E-state index contributed by atoms with van der Waals surface area (Å²) in [7, 11) is 0. The number of rotatable bonds is 4. The Bertz CT molecular complexity index is 903. The molecule has 0 radical (unpaired) electrons. The summed E-state index contributed by atoms with van der Waals surface area (Å²) in [6, 6.07) is 5.70. The molecular weight excluding hydrogens is 346 g/mol. The van der Waals surface area contributed by atoms with Gasteiger partial charge in [0.25, 0.3) is 5.91 Å². The van der Waals surface area contributed by atoms with Crippen molar-refractivity contribution in [2.75, 3.05) is 13.1 Å². The molecule has 1 aliphatic rings. The average Bonchev–Trinajstić information content (AvgIpc) is 3.17. The van der Waals surface area contributed by atoms with Gasteiger partial charge in [0.15, 0.2) is 5.69 Å². The highest BCUT2D eigenvalue weighted by atomic mass is 35.5. The number of thiazole rings is 1. The van der Waals surface area contributed by atoms with E-state index in [9.17, 15) is 4.79 Å². The minimum absolute atomic E-state index is 0.139. The summed E-state index contributed by atoms with van der Waals surface area (Å²) in [5, 5.41) is 15.0. The first-order chi connectivity index (χ1) is 11.7. The lowest BCUT2D eigenvalue weighted by Crippen LogP contribution is -2.29. The topological polar surface area (TPSA) is 82.7 Å². The van der Waals surface area contributed by atoms with Gasteiger partial charge in [-0.25, -0.2) is 4.98 Å². The Kier molecular flexibility index (Phi) is 4.22.